The minimum absolute atomic E-state index is 0.0990. The maximum atomic E-state index is 6.30. The molecule has 2 atom stereocenters. The lowest BCUT2D eigenvalue weighted by molar-refractivity contribution is 0.429. The van der Waals surface area contributed by atoms with Crippen LogP contribution in [0, 0.1) is 5.92 Å². The van der Waals surface area contributed by atoms with Gasteiger partial charge < -0.3 is 0 Å². The molecule has 86 valence electrons. The molecule has 3 rings (SSSR count). The minimum atomic E-state index is 0.0990. The Balaban J connectivity index is 1.99. The van der Waals surface area contributed by atoms with Crippen molar-refractivity contribution in [2.24, 2.45) is 10.9 Å². The lowest BCUT2D eigenvalue weighted by Crippen LogP contribution is -2.34. The van der Waals surface area contributed by atoms with Gasteiger partial charge in [0, 0.05) is 11.6 Å². The van der Waals surface area contributed by atoms with E-state index >= 15 is 0 Å². The highest BCUT2D eigenvalue weighted by molar-refractivity contribution is 7.98. The van der Waals surface area contributed by atoms with E-state index < -0.39 is 0 Å². The minimum Gasteiger partial charge on any atom is -0.228 e. The Hall–Kier alpha value is -0.550. The zero-order valence-corrected chi connectivity index (χ0v) is 10.6. The lowest BCUT2D eigenvalue weighted by Gasteiger charge is -2.30. The van der Waals surface area contributed by atoms with Crippen molar-refractivity contribution in [1.82, 2.24) is 14.8 Å². The summed E-state index contributed by atoms with van der Waals surface area (Å²) in [5.74, 6) is 1.20. The fourth-order valence-corrected chi connectivity index (χ4v) is 3.11. The molecule has 0 saturated heterocycles. The van der Waals surface area contributed by atoms with Crippen LogP contribution >= 0.6 is 23.4 Å². The number of rotatable bonds is 1. The maximum Gasteiger partial charge on any atom is 0.248 e. The van der Waals surface area contributed by atoms with Gasteiger partial charge in [-0.1, -0.05) is 18.2 Å². The van der Waals surface area contributed by atoms with E-state index in [1.807, 2.05) is 10.9 Å². The van der Waals surface area contributed by atoms with Gasteiger partial charge in [-0.3, -0.25) is 0 Å². The number of hydrogen-bond acceptors (Lipinski definition) is 4. The third-order valence-corrected chi connectivity index (χ3v) is 4.17. The van der Waals surface area contributed by atoms with E-state index in [1.165, 1.54) is 12.8 Å². The third kappa shape index (κ3) is 1.66. The molecule has 1 saturated carbocycles. The van der Waals surface area contributed by atoms with Crippen LogP contribution < -0.4 is 0 Å². The molecule has 0 radical (unpaired) electrons. The first-order chi connectivity index (χ1) is 7.78. The van der Waals surface area contributed by atoms with Crippen LogP contribution in [0.2, 0.25) is 0 Å². The highest BCUT2D eigenvalue weighted by Gasteiger charge is 2.32. The molecule has 16 heavy (non-hydrogen) atoms. The number of aliphatic imine (C=N–C) groups is 1. The highest BCUT2D eigenvalue weighted by atomic mass is 35.5. The molecule has 2 aliphatic rings. The summed E-state index contributed by atoms with van der Waals surface area (Å²) in [4.78, 5) is 8.94. The van der Waals surface area contributed by atoms with E-state index in [0.29, 0.717) is 5.92 Å². The number of thioether (sulfide) groups is 1. The monoisotopic (exact) mass is 256 g/mol. The van der Waals surface area contributed by atoms with Crippen molar-refractivity contribution in [2.45, 2.75) is 36.3 Å². The average molecular weight is 257 g/mol. The zero-order chi connectivity index (χ0) is 11.1. The van der Waals surface area contributed by atoms with E-state index in [1.54, 1.807) is 11.8 Å². The largest absolute Gasteiger partial charge is 0.248 e. The highest BCUT2D eigenvalue weighted by Crippen LogP contribution is 2.33. The molecule has 1 aliphatic carbocycles. The topological polar surface area (TPSA) is 43.1 Å². The number of aromatic nitrogens is 3. The van der Waals surface area contributed by atoms with Gasteiger partial charge in [0.05, 0.1) is 11.9 Å². The summed E-state index contributed by atoms with van der Waals surface area (Å²) in [5, 5.41) is 5.30. The summed E-state index contributed by atoms with van der Waals surface area (Å²) < 4.78 is 1.91. The Labute approximate surface area is 103 Å². The second-order valence-corrected chi connectivity index (χ2v) is 5.51. The molecule has 6 heteroatoms. The SMILES string of the molecule is CSc1nc2n(n1)CC1CCCC(Cl)C1=N2. The molecule has 1 aliphatic heterocycles. The van der Waals surface area contributed by atoms with Crippen molar-refractivity contribution < 1.29 is 0 Å². The van der Waals surface area contributed by atoms with Crippen molar-refractivity contribution in [3.63, 3.8) is 0 Å². The molecular weight excluding hydrogens is 244 g/mol. The van der Waals surface area contributed by atoms with Crippen molar-refractivity contribution >= 4 is 35.0 Å². The van der Waals surface area contributed by atoms with Crippen LogP contribution in [-0.4, -0.2) is 32.1 Å². The summed E-state index contributed by atoms with van der Waals surface area (Å²) in [5.41, 5.74) is 1.13. The number of nitrogens with zero attached hydrogens (tertiary/aromatic N) is 4. The summed E-state index contributed by atoms with van der Waals surface area (Å²) in [6, 6.07) is 0. The molecule has 1 aromatic rings. The van der Waals surface area contributed by atoms with Crippen molar-refractivity contribution in [1.29, 1.82) is 0 Å². The summed E-state index contributed by atoms with van der Waals surface area (Å²) in [7, 11) is 0. The zero-order valence-electron chi connectivity index (χ0n) is 9.06. The van der Waals surface area contributed by atoms with Gasteiger partial charge in [0.15, 0.2) is 0 Å². The van der Waals surface area contributed by atoms with Crippen LogP contribution in [0.15, 0.2) is 10.1 Å². The normalized spacial score (nSPS) is 28.2. The first kappa shape index (κ1) is 10.6. The predicted molar refractivity (Wildman–Crippen MR) is 65.9 cm³/mol. The van der Waals surface area contributed by atoms with Crippen LogP contribution in [0.4, 0.5) is 5.95 Å². The molecule has 4 nitrogen and oxygen atoms in total. The van der Waals surface area contributed by atoms with Crippen molar-refractivity contribution in [3.8, 4) is 0 Å². The Kier molecular flexibility index (Phi) is 2.67. The quantitative estimate of drug-likeness (QED) is 0.573. The van der Waals surface area contributed by atoms with Gasteiger partial charge in [-0.25, -0.2) is 9.67 Å². The molecule has 0 spiro atoms. The van der Waals surface area contributed by atoms with Crippen LogP contribution in [-0.2, 0) is 6.54 Å². The Bertz CT molecular complexity index is 442. The molecule has 2 heterocycles. The summed E-state index contributed by atoms with van der Waals surface area (Å²) >= 11 is 7.86. The molecule has 0 aromatic carbocycles. The maximum absolute atomic E-state index is 6.30. The predicted octanol–water partition coefficient (Wildman–Crippen LogP) is 2.49. The first-order valence-electron chi connectivity index (χ1n) is 5.49. The van der Waals surface area contributed by atoms with Crippen LogP contribution in [0.3, 0.4) is 0 Å². The molecular formula is C10H13ClN4S. The van der Waals surface area contributed by atoms with Gasteiger partial charge in [-0.05, 0) is 19.1 Å². The molecule has 2 unspecified atom stereocenters. The number of alkyl halides is 1. The van der Waals surface area contributed by atoms with E-state index in [2.05, 4.69) is 15.1 Å². The number of fused-ring (bicyclic) bond motifs is 2. The van der Waals surface area contributed by atoms with E-state index in [-0.39, 0.29) is 5.38 Å². The lowest BCUT2D eigenvalue weighted by atomic mass is 9.86. The standard InChI is InChI=1S/C10H13ClN4S/c1-16-10-13-9-12-8-6(5-15(9)14-10)3-2-4-7(8)11/h6-7H,2-5H2,1H3. The van der Waals surface area contributed by atoms with E-state index in [0.717, 1.165) is 29.8 Å². The van der Waals surface area contributed by atoms with E-state index in [4.69, 9.17) is 11.6 Å². The van der Waals surface area contributed by atoms with Crippen LogP contribution in [0.25, 0.3) is 0 Å². The van der Waals surface area contributed by atoms with Crippen LogP contribution in [0.5, 0.6) is 0 Å². The van der Waals surface area contributed by atoms with Gasteiger partial charge in [0.25, 0.3) is 0 Å². The number of hydrogen-bond donors (Lipinski definition) is 0. The Morgan fingerprint density at radius 1 is 1.44 bits per heavy atom. The second-order valence-electron chi connectivity index (χ2n) is 4.21. The number of halogens is 1. The molecule has 1 aromatic heterocycles. The molecule has 1 fully saturated rings. The van der Waals surface area contributed by atoms with Crippen LogP contribution in [0.1, 0.15) is 19.3 Å². The second kappa shape index (κ2) is 4.04. The Morgan fingerprint density at radius 3 is 3.12 bits per heavy atom. The summed E-state index contributed by atoms with van der Waals surface area (Å²) in [6.07, 6.45) is 5.39. The van der Waals surface area contributed by atoms with Gasteiger partial charge >= 0.3 is 0 Å². The van der Waals surface area contributed by atoms with Gasteiger partial charge in [-0.2, -0.15) is 4.98 Å². The molecule has 0 bridgehead atoms. The van der Waals surface area contributed by atoms with Gasteiger partial charge in [0.1, 0.15) is 0 Å². The average Bonchev–Trinajstić information content (AvgIpc) is 2.69. The molecule has 0 N–H and O–H groups in total. The van der Waals surface area contributed by atoms with Crippen molar-refractivity contribution in [2.75, 3.05) is 6.26 Å². The smallest absolute Gasteiger partial charge is 0.228 e. The Morgan fingerprint density at radius 2 is 2.31 bits per heavy atom. The fraction of sp³-hybridized carbons (Fsp3) is 0.700. The third-order valence-electron chi connectivity index (χ3n) is 3.19. The molecule has 0 amide bonds. The fourth-order valence-electron chi connectivity index (χ4n) is 2.37. The summed E-state index contributed by atoms with van der Waals surface area (Å²) in [6.45, 7) is 0.894. The van der Waals surface area contributed by atoms with Gasteiger partial charge in [0.2, 0.25) is 11.1 Å². The van der Waals surface area contributed by atoms with E-state index in [9.17, 15) is 0 Å². The van der Waals surface area contributed by atoms with Crippen molar-refractivity contribution in [3.05, 3.63) is 0 Å². The first-order valence-corrected chi connectivity index (χ1v) is 7.15. The van der Waals surface area contributed by atoms with Gasteiger partial charge in [-0.15, -0.1) is 16.7 Å².